The lowest BCUT2D eigenvalue weighted by Gasteiger charge is -2.12. The molecule has 6 nitrogen and oxygen atoms in total. The number of aromatic nitrogens is 1. The van der Waals surface area contributed by atoms with Crippen molar-refractivity contribution < 1.29 is 19.1 Å². The highest BCUT2D eigenvalue weighted by molar-refractivity contribution is 6.01. The number of anilines is 1. The number of rotatable bonds is 7. The molecule has 0 saturated heterocycles. The summed E-state index contributed by atoms with van der Waals surface area (Å²) in [4.78, 5) is 38.4. The number of Topliss-reactive ketones (excluding diaryl/α,β-unsaturated/α-hetero) is 1. The van der Waals surface area contributed by atoms with Gasteiger partial charge in [0.25, 0.3) is 0 Å². The quantitative estimate of drug-likeness (QED) is 0.603. The molecule has 1 aromatic heterocycles. The summed E-state index contributed by atoms with van der Waals surface area (Å²) in [6, 6.07) is 9.76. The van der Waals surface area contributed by atoms with E-state index in [1.165, 1.54) is 6.92 Å². The van der Waals surface area contributed by atoms with E-state index in [1.54, 1.807) is 42.6 Å². The van der Waals surface area contributed by atoms with Gasteiger partial charge in [-0.25, -0.2) is 4.79 Å². The number of hydrogen-bond acceptors (Lipinski definition) is 4. The summed E-state index contributed by atoms with van der Waals surface area (Å²) in [6.07, 6.45) is 1.92. The van der Waals surface area contributed by atoms with Crippen molar-refractivity contribution in [3.63, 3.8) is 0 Å². The van der Waals surface area contributed by atoms with Gasteiger partial charge >= 0.3 is 5.97 Å². The summed E-state index contributed by atoms with van der Waals surface area (Å²) < 4.78 is 5.15. The minimum Gasteiger partial charge on any atom is -0.450 e. The van der Waals surface area contributed by atoms with E-state index in [0.717, 1.165) is 6.42 Å². The molecule has 0 fully saturated rings. The highest BCUT2D eigenvalue weighted by atomic mass is 16.5. The summed E-state index contributed by atoms with van der Waals surface area (Å²) in [7, 11) is 0. The highest BCUT2D eigenvalue weighted by Crippen LogP contribution is 2.14. The van der Waals surface area contributed by atoms with Crippen LogP contribution in [0.15, 0.2) is 42.6 Å². The average Bonchev–Trinajstić information content (AvgIpc) is 3.09. The molecule has 2 rings (SSSR count). The number of benzene rings is 1. The van der Waals surface area contributed by atoms with E-state index in [-0.39, 0.29) is 11.7 Å². The standard InChI is InChI=1S/C18H20N2O4/c1-3-5-16(21)20-14-9-7-13(8-10-14)17(22)12(2)24-18(23)15-6-4-11-19-15/h4,6-12,19H,3,5H2,1-2H3,(H,20,21)/t12-/m1/s1. The second-order valence-electron chi connectivity index (χ2n) is 5.37. The number of carbonyl (C=O) groups excluding carboxylic acids is 3. The number of aromatic amines is 1. The van der Waals surface area contributed by atoms with E-state index in [4.69, 9.17) is 4.74 Å². The molecular weight excluding hydrogens is 308 g/mol. The first-order chi connectivity index (χ1) is 11.5. The number of carbonyl (C=O) groups is 3. The van der Waals surface area contributed by atoms with Gasteiger partial charge < -0.3 is 15.0 Å². The van der Waals surface area contributed by atoms with E-state index >= 15 is 0 Å². The minimum absolute atomic E-state index is 0.0650. The first-order valence-electron chi connectivity index (χ1n) is 7.79. The summed E-state index contributed by atoms with van der Waals surface area (Å²) in [5.41, 5.74) is 1.33. The van der Waals surface area contributed by atoms with Crippen molar-refractivity contribution >= 4 is 23.3 Å². The topological polar surface area (TPSA) is 88.3 Å². The molecule has 2 aromatic rings. The number of hydrogen-bond donors (Lipinski definition) is 2. The van der Waals surface area contributed by atoms with Gasteiger partial charge in [-0.2, -0.15) is 0 Å². The van der Waals surface area contributed by atoms with Crippen molar-refractivity contribution in [2.45, 2.75) is 32.8 Å². The summed E-state index contributed by atoms with van der Waals surface area (Å²) in [5.74, 6) is -0.949. The molecule has 0 bridgehead atoms. The van der Waals surface area contributed by atoms with Crippen LogP contribution in [0.5, 0.6) is 0 Å². The van der Waals surface area contributed by atoms with Gasteiger partial charge in [-0.1, -0.05) is 6.92 Å². The number of esters is 1. The number of amides is 1. The molecule has 0 saturated carbocycles. The number of H-pyrrole nitrogens is 1. The average molecular weight is 328 g/mol. The van der Waals surface area contributed by atoms with Gasteiger partial charge in [0.05, 0.1) is 0 Å². The molecule has 126 valence electrons. The molecular formula is C18H20N2O4. The third-order valence-corrected chi connectivity index (χ3v) is 3.40. The van der Waals surface area contributed by atoms with Crippen molar-refractivity contribution in [2.24, 2.45) is 0 Å². The molecule has 1 atom stereocenters. The normalized spacial score (nSPS) is 11.6. The Morgan fingerprint density at radius 2 is 1.88 bits per heavy atom. The lowest BCUT2D eigenvalue weighted by molar-refractivity contribution is -0.116. The molecule has 1 amide bonds. The fourth-order valence-corrected chi connectivity index (χ4v) is 2.14. The predicted octanol–water partition coefficient (Wildman–Crippen LogP) is 3.18. The summed E-state index contributed by atoms with van der Waals surface area (Å²) >= 11 is 0. The first kappa shape index (κ1) is 17.5. The third kappa shape index (κ3) is 4.55. The number of ether oxygens (including phenoxy) is 1. The molecule has 0 spiro atoms. The molecule has 0 unspecified atom stereocenters. The van der Waals surface area contributed by atoms with Crippen LogP contribution < -0.4 is 5.32 Å². The molecule has 0 radical (unpaired) electrons. The van der Waals surface area contributed by atoms with Gasteiger partial charge in [-0.3, -0.25) is 9.59 Å². The maximum absolute atomic E-state index is 12.3. The molecule has 1 aromatic carbocycles. The highest BCUT2D eigenvalue weighted by Gasteiger charge is 2.20. The zero-order valence-corrected chi connectivity index (χ0v) is 13.7. The van der Waals surface area contributed by atoms with E-state index in [0.29, 0.717) is 23.4 Å². The van der Waals surface area contributed by atoms with Gasteiger partial charge in [0.2, 0.25) is 11.7 Å². The van der Waals surface area contributed by atoms with Crippen LogP contribution in [0, 0.1) is 0 Å². The fourth-order valence-electron chi connectivity index (χ4n) is 2.14. The first-order valence-corrected chi connectivity index (χ1v) is 7.79. The summed E-state index contributed by atoms with van der Waals surface area (Å²) in [6.45, 7) is 3.46. The Kier molecular flexibility index (Phi) is 5.89. The minimum atomic E-state index is -0.902. The lowest BCUT2D eigenvalue weighted by atomic mass is 10.1. The SMILES string of the molecule is CCCC(=O)Nc1ccc(C(=O)[C@@H](C)OC(=O)c2ccc[nH]2)cc1. The largest absolute Gasteiger partial charge is 0.450 e. The third-order valence-electron chi connectivity index (χ3n) is 3.40. The van der Waals surface area contributed by atoms with E-state index < -0.39 is 12.1 Å². The Morgan fingerprint density at radius 3 is 2.46 bits per heavy atom. The lowest BCUT2D eigenvalue weighted by Crippen LogP contribution is -2.24. The van der Waals surface area contributed by atoms with E-state index in [1.807, 2.05) is 6.92 Å². The number of ketones is 1. The van der Waals surface area contributed by atoms with Crippen LogP contribution in [-0.4, -0.2) is 28.7 Å². The molecule has 0 aliphatic heterocycles. The number of nitrogens with one attached hydrogen (secondary N) is 2. The molecule has 0 aliphatic carbocycles. The van der Waals surface area contributed by atoms with Gasteiger partial charge in [0, 0.05) is 23.9 Å². The molecule has 0 aliphatic rings. The van der Waals surface area contributed by atoms with Gasteiger partial charge in [0.15, 0.2) is 6.10 Å². The fraction of sp³-hybridized carbons (Fsp3) is 0.278. The van der Waals surface area contributed by atoms with Gasteiger partial charge in [-0.15, -0.1) is 0 Å². The van der Waals surface area contributed by atoms with Crippen LogP contribution in [0.2, 0.25) is 0 Å². The predicted molar refractivity (Wildman–Crippen MR) is 90.0 cm³/mol. The maximum atomic E-state index is 12.3. The Hall–Kier alpha value is -2.89. The monoisotopic (exact) mass is 328 g/mol. The van der Waals surface area contributed by atoms with Crippen LogP contribution in [0.3, 0.4) is 0 Å². The van der Waals surface area contributed by atoms with Gasteiger partial charge in [-0.05, 0) is 49.7 Å². The van der Waals surface area contributed by atoms with Crippen LogP contribution in [0.4, 0.5) is 5.69 Å². The van der Waals surface area contributed by atoms with Crippen LogP contribution in [0.25, 0.3) is 0 Å². The van der Waals surface area contributed by atoms with Crippen molar-refractivity contribution in [1.82, 2.24) is 4.98 Å². The summed E-state index contributed by atoms with van der Waals surface area (Å²) in [5, 5.41) is 2.75. The van der Waals surface area contributed by atoms with E-state index in [2.05, 4.69) is 10.3 Å². The second-order valence-corrected chi connectivity index (χ2v) is 5.37. The smallest absolute Gasteiger partial charge is 0.355 e. The van der Waals surface area contributed by atoms with Crippen molar-refractivity contribution in [1.29, 1.82) is 0 Å². The van der Waals surface area contributed by atoms with Crippen LogP contribution >= 0.6 is 0 Å². The maximum Gasteiger partial charge on any atom is 0.355 e. The Morgan fingerprint density at radius 1 is 1.17 bits per heavy atom. The van der Waals surface area contributed by atoms with Crippen molar-refractivity contribution in [2.75, 3.05) is 5.32 Å². The zero-order chi connectivity index (χ0) is 17.5. The van der Waals surface area contributed by atoms with Crippen molar-refractivity contribution in [3.8, 4) is 0 Å². The molecule has 24 heavy (non-hydrogen) atoms. The molecule has 1 heterocycles. The van der Waals surface area contributed by atoms with Gasteiger partial charge in [0.1, 0.15) is 5.69 Å². The second kappa shape index (κ2) is 8.10. The van der Waals surface area contributed by atoms with E-state index in [9.17, 15) is 14.4 Å². The van der Waals surface area contributed by atoms with Crippen LogP contribution in [-0.2, 0) is 9.53 Å². The Balaban J connectivity index is 1.96. The Labute approximate surface area is 140 Å². The van der Waals surface area contributed by atoms with Crippen LogP contribution in [0.1, 0.15) is 47.5 Å². The zero-order valence-electron chi connectivity index (χ0n) is 13.7. The molecule has 6 heteroatoms. The Bertz CT molecular complexity index is 705. The molecule has 2 N–H and O–H groups in total. The van der Waals surface area contributed by atoms with Crippen molar-refractivity contribution in [3.05, 3.63) is 53.9 Å².